The molecule has 96 valence electrons. The first-order valence-electron chi connectivity index (χ1n) is 4.69. The van der Waals surface area contributed by atoms with Crippen molar-refractivity contribution >= 4 is 27.7 Å². The summed E-state index contributed by atoms with van der Waals surface area (Å²) in [7, 11) is -4.82. The van der Waals surface area contributed by atoms with Gasteiger partial charge in [-0.05, 0) is 6.92 Å². The van der Waals surface area contributed by atoms with Crippen molar-refractivity contribution in [2.24, 2.45) is 0 Å². The van der Waals surface area contributed by atoms with E-state index in [2.05, 4.69) is 0 Å². The van der Waals surface area contributed by atoms with Gasteiger partial charge in [0.1, 0.15) is 6.29 Å². The van der Waals surface area contributed by atoms with Gasteiger partial charge in [-0.1, -0.05) is 18.2 Å². The van der Waals surface area contributed by atoms with Crippen molar-refractivity contribution in [3.05, 3.63) is 40.0 Å². The fourth-order valence-corrected chi connectivity index (χ4v) is 2.32. The molecule has 0 fully saturated rings. The maximum atomic E-state index is 11.2. The average molecular weight is 271 g/mol. The van der Waals surface area contributed by atoms with Gasteiger partial charge in [-0.3, -0.25) is 19.5 Å². The SMILES string of the molecule is C/C=C(/C=O)c1cccc([N+](=O)[O-])c1S(=O)(=O)O. The number of allylic oxidation sites excluding steroid dienone is 2. The Bertz CT molecular complexity index is 632. The van der Waals surface area contributed by atoms with Gasteiger partial charge in [0.05, 0.1) is 4.92 Å². The van der Waals surface area contributed by atoms with Crippen LogP contribution in [0.2, 0.25) is 0 Å². The predicted molar refractivity (Wildman–Crippen MR) is 62.6 cm³/mol. The van der Waals surface area contributed by atoms with Gasteiger partial charge in [0.25, 0.3) is 5.69 Å². The van der Waals surface area contributed by atoms with Gasteiger partial charge in [0.2, 0.25) is 0 Å². The molecule has 7 nitrogen and oxygen atoms in total. The van der Waals surface area contributed by atoms with Gasteiger partial charge in [-0.25, -0.2) is 0 Å². The highest BCUT2D eigenvalue weighted by molar-refractivity contribution is 7.86. The minimum atomic E-state index is -4.82. The largest absolute Gasteiger partial charge is 0.302 e. The summed E-state index contributed by atoms with van der Waals surface area (Å²) in [5.74, 6) is 0. The third-order valence-corrected chi connectivity index (χ3v) is 3.14. The molecule has 8 heteroatoms. The highest BCUT2D eigenvalue weighted by Gasteiger charge is 2.28. The Hall–Kier alpha value is -2.06. The number of hydrogen-bond donors (Lipinski definition) is 1. The van der Waals surface area contributed by atoms with Gasteiger partial charge in [0, 0.05) is 17.2 Å². The number of hydrogen-bond acceptors (Lipinski definition) is 5. The van der Waals surface area contributed by atoms with Crippen LogP contribution in [0.1, 0.15) is 12.5 Å². The third kappa shape index (κ3) is 2.60. The van der Waals surface area contributed by atoms with E-state index in [1.165, 1.54) is 25.1 Å². The number of nitrogens with zero attached hydrogens (tertiary/aromatic N) is 1. The molecule has 0 atom stereocenters. The van der Waals surface area contributed by atoms with Crippen LogP contribution in [0.5, 0.6) is 0 Å². The summed E-state index contributed by atoms with van der Waals surface area (Å²) >= 11 is 0. The Morgan fingerprint density at radius 1 is 1.44 bits per heavy atom. The first-order valence-corrected chi connectivity index (χ1v) is 6.13. The number of rotatable bonds is 4. The zero-order valence-electron chi connectivity index (χ0n) is 9.23. The van der Waals surface area contributed by atoms with Crippen molar-refractivity contribution in [2.45, 2.75) is 11.8 Å². The quantitative estimate of drug-likeness (QED) is 0.291. The zero-order valence-corrected chi connectivity index (χ0v) is 10.0. The van der Waals surface area contributed by atoms with E-state index in [4.69, 9.17) is 4.55 Å². The van der Waals surface area contributed by atoms with E-state index < -0.39 is 25.6 Å². The Morgan fingerprint density at radius 2 is 2.06 bits per heavy atom. The molecule has 0 aliphatic rings. The summed E-state index contributed by atoms with van der Waals surface area (Å²) in [5, 5.41) is 10.7. The number of aldehydes is 1. The topological polar surface area (TPSA) is 115 Å². The van der Waals surface area contributed by atoms with Crippen LogP contribution in [0.15, 0.2) is 29.2 Å². The lowest BCUT2D eigenvalue weighted by atomic mass is 10.1. The Balaban J connectivity index is 3.80. The number of benzene rings is 1. The van der Waals surface area contributed by atoms with Gasteiger partial charge in [-0.2, -0.15) is 8.42 Å². The van der Waals surface area contributed by atoms with Crippen LogP contribution >= 0.6 is 0 Å². The monoisotopic (exact) mass is 271 g/mol. The molecule has 0 amide bonds. The van der Waals surface area contributed by atoms with Crippen LogP contribution in [0.4, 0.5) is 5.69 Å². The normalized spacial score (nSPS) is 12.2. The highest BCUT2D eigenvalue weighted by Crippen LogP contribution is 2.30. The molecule has 0 heterocycles. The second-order valence-electron chi connectivity index (χ2n) is 3.25. The Kier molecular flexibility index (Phi) is 3.94. The molecular weight excluding hydrogens is 262 g/mol. The molecule has 0 unspecified atom stereocenters. The highest BCUT2D eigenvalue weighted by atomic mass is 32.2. The zero-order chi connectivity index (χ0) is 13.9. The maximum Gasteiger partial charge on any atom is 0.302 e. The van der Waals surface area contributed by atoms with Crippen molar-refractivity contribution in [3.8, 4) is 0 Å². The van der Waals surface area contributed by atoms with Crippen molar-refractivity contribution < 1.29 is 22.7 Å². The predicted octanol–water partition coefficient (Wildman–Crippen LogP) is 1.44. The summed E-state index contributed by atoms with van der Waals surface area (Å²) in [6, 6.07) is 3.37. The van der Waals surface area contributed by atoms with Crippen LogP contribution < -0.4 is 0 Å². The van der Waals surface area contributed by atoms with E-state index in [-0.39, 0.29) is 11.1 Å². The van der Waals surface area contributed by atoms with Crippen LogP contribution in [0.3, 0.4) is 0 Å². The lowest BCUT2D eigenvalue weighted by Crippen LogP contribution is -2.07. The molecule has 0 saturated carbocycles. The number of carbonyl (C=O) groups is 1. The summed E-state index contributed by atoms with van der Waals surface area (Å²) in [6.07, 6.45) is 1.65. The molecule has 1 N–H and O–H groups in total. The lowest BCUT2D eigenvalue weighted by Gasteiger charge is -2.06. The molecule has 0 spiro atoms. The lowest BCUT2D eigenvalue weighted by molar-refractivity contribution is -0.387. The molecule has 0 aromatic heterocycles. The molecular formula is C10H9NO6S. The minimum absolute atomic E-state index is 0.0636. The van der Waals surface area contributed by atoms with Crippen molar-refractivity contribution in [3.63, 3.8) is 0 Å². The second kappa shape index (κ2) is 5.07. The summed E-state index contributed by atoms with van der Waals surface area (Å²) in [5.41, 5.74) is -1.05. The Labute approximate surface area is 103 Å². The fourth-order valence-electron chi connectivity index (χ4n) is 1.45. The summed E-state index contributed by atoms with van der Waals surface area (Å²) < 4.78 is 31.5. The van der Waals surface area contributed by atoms with Gasteiger partial charge >= 0.3 is 10.1 Å². The smallest absolute Gasteiger partial charge is 0.298 e. The van der Waals surface area contributed by atoms with Crippen molar-refractivity contribution in [1.82, 2.24) is 0 Å². The first kappa shape index (κ1) is 14.0. The molecule has 0 aliphatic carbocycles. The van der Waals surface area contributed by atoms with Gasteiger partial charge in [0.15, 0.2) is 4.90 Å². The Morgan fingerprint density at radius 3 is 2.44 bits per heavy atom. The molecule has 18 heavy (non-hydrogen) atoms. The average Bonchev–Trinajstić information content (AvgIpc) is 2.29. The molecule has 0 saturated heterocycles. The third-order valence-electron chi connectivity index (χ3n) is 2.20. The maximum absolute atomic E-state index is 11.2. The molecule has 1 rings (SSSR count). The van der Waals surface area contributed by atoms with Crippen molar-refractivity contribution in [1.29, 1.82) is 0 Å². The number of carbonyl (C=O) groups excluding carboxylic acids is 1. The van der Waals surface area contributed by atoms with Crippen LogP contribution in [0.25, 0.3) is 5.57 Å². The minimum Gasteiger partial charge on any atom is -0.298 e. The first-order chi connectivity index (χ1) is 8.32. The molecule has 0 radical (unpaired) electrons. The number of nitro groups is 1. The van der Waals surface area contributed by atoms with Crippen molar-refractivity contribution in [2.75, 3.05) is 0 Å². The van der Waals surface area contributed by atoms with Gasteiger partial charge in [-0.15, -0.1) is 0 Å². The molecule has 0 aliphatic heterocycles. The summed E-state index contributed by atoms with van der Waals surface area (Å²) in [6.45, 7) is 1.47. The van der Waals surface area contributed by atoms with E-state index in [0.29, 0.717) is 6.29 Å². The van der Waals surface area contributed by atoms with E-state index in [1.807, 2.05) is 0 Å². The fraction of sp³-hybridized carbons (Fsp3) is 0.100. The standard InChI is InChI=1S/C10H9NO6S/c1-2-7(6-12)8-4-3-5-9(11(13)14)10(8)18(15,16)17/h2-6H,1H3,(H,15,16,17)/b7-2-. The van der Waals surface area contributed by atoms with E-state index in [9.17, 15) is 23.3 Å². The summed E-state index contributed by atoms with van der Waals surface area (Å²) in [4.78, 5) is 19.7. The van der Waals surface area contributed by atoms with E-state index >= 15 is 0 Å². The molecule has 0 bridgehead atoms. The molecule has 1 aromatic rings. The van der Waals surface area contributed by atoms with E-state index in [0.717, 1.165) is 6.07 Å². The second-order valence-corrected chi connectivity index (χ2v) is 4.61. The van der Waals surface area contributed by atoms with Crippen LogP contribution in [-0.4, -0.2) is 24.2 Å². The van der Waals surface area contributed by atoms with Crippen LogP contribution in [-0.2, 0) is 14.9 Å². The van der Waals surface area contributed by atoms with E-state index in [1.54, 1.807) is 0 Å². The van der Waals surface area contributed by atoms with Gasteiger partial charge < -0.3 is 0 Å². The molecule has 1 aromatic carbocycles. The number of nitro benzene ring substituents is 1. The van der Waals surface area contributed by atoms with Crippen LogP contribution in [0, 0.1) is 10.1 Å².